The predicted octanol–water partition coefficient (Wildman–Crippen LogP) is 10.2. The topological polar surface area (TPSA) is 0 Å². The Kier molecular flexibility index (Phi) is 6.92. The SMILES string of the molecule is CCC[CH2][Zr]([CH3])(=[SiH2])([CH2]CCC)([c]1ccccc1)([CH]1C(CC)=Cc2ccccc21)[CH]1C(CC)=Cc2ccccc21. The van der Waals surface area contributed by atoms with Gasteiger partial charge < -0.3 is 0 Å². The molecule has 0 spiro atoms. The van der Waals surface area contributed by atoms with Crippen molar-refractivity contribution in [3.63, 3.8) is 0 Å². The van der Waals surface area contributed by atoms with Crippen molar-refractivity contribution < 1.29 is 14.4 Å². The number of benzene rings is 3. The quantitative estimate of drug-likeness (QED) is 0.189. The van der Waals surface area contributed by atoms with Gasteiger partial charge in [-0.3, -0.25) is 0 Å². The molecule has 0 N–H and O–H groups in total. The second-order valence-electron chi connectivity index (χ2n) is 14.7. The molecule has 2 atom stereocenters. The number of fused-ring (bicyclic) bond motifs is 2. The molecule has 0 heterocycles. The molecule has 5 rings (SSSR count). The number of hydrogen-bond donors (Lipinski definition) is 0. The molecule has 2 aliphatic carbocycles. The van der Waals surface area contributed by atoms with Crippen molar-refractivity contribution in [2.75, 3.05) is 0 Å². The first-order valence-electron chi connectivity index (χ1n) is 15.8. The molecule has 39 heavy (non-hydrogen) atoms. The summed E-state index contributed by atoms with van der Waals surface area (Å²) in [5.74, 6) is 0. The van der Waals surface area contributed by atoms with Gasteiger partial charge in [-0.05, 0) is 0 Å². The fraction of sp³-hybridized carbons (Fsp3) is 0.405. The van der Waals surface area contributed by atoms with E-state index in [9.17, 15) is 0 Å². The predicted molar refractivity (Wildman–Crippen MR) is 175 cm³/mol. The van der Waals surface area contributed by atoms with Crippen LogP contribution >= 0.6 is 0 Å². The summed E-state index contributed by atoms with van der Waals surface area (Å²) in [5.41, 5.74) is 9.55. The van der Waals surface area contributed by atoms with Gasteiger partial charge in [0.1, 0.15) is 0 Å². The molecule has 2 aliphatic rings. The Morgan fingerprint density at radius 1 is 0.590 bits per heavy atom. The molecule has 0 bridgehead atoms. The monoisotopic (exact) mass is 612 g/mol. The Morgan fingerprint density at radius 2 is 1.00 bits per heavy atom. The summed E-state index contributed by atoms with van der Waals surface area (Å²) in [6, 6.07) is 31.1. The average Bonchev–Trinajstić information content (AvgIpc) is 3.57. The average molecular weight is 614 g/mol. The van der Waals surface area contributed by atoms with E-state index in [1.54, 1.807) is 25.5 Å². The van der Waals surface area contributed by atoms with Gasteiger partial charge in [0.15, 0.2) is 0 Å². The first kappa shape index (κ1) is 28.8. The Bertz CT molecular complexity index is 1490. The van der Waals surface area contributed by atoms with Crippen molar-refractivity contribution in [2.45, 2.75) is 86.4 Å². The molecule has 2 unspecified atom stereocenters. The van der Waals surface area contributed by atoms with Gasteiger partial charge in [0, 0.05) is 0 Å². The minimum absolute atomic E-state index is 0.466. The summed E-state index contributed by atoms with van der Waals surface area (Å²) in [6.07, 6.45) is 12.5. The Labute approximate surface area is 234 Å². The van der Waals surface area contributed by atoms with Gasteiger partial charge in [-0.1, -0.05) is 0 Å². The van der Waals surface area contributed by atoms with Crippen LogP contribution in [0.5, 0.6) is 0 Å². The zero-order chi connectivity index (χ0) is 27.8. The van der Waals surface area contributed by atoms with Gasteiger partial charge in [0.25, 0.3) is 0 Å². The van der Waals surface area contributed by atoms with Crippen LogP contribution in [-0.4, -0.2) is 6.88 Å². The number of unbranched alkanes of at least 4 members (excludes halogenated alkanes) is 2. The third kappa shape index (κ3) is 3.63. The van der Waals surface area contributed by atoms with Gasteiger partial charge in [-0.25, -0.2) is 0 Å². The maximum absolute atomic E-state index is 5.36. The second-order valence-corrected chi connectivity index (χ2v) is 62.3. The minimum atomic E-state index is -5.36. The molecule has 0 fully saturated rings. The van der Waals surface area contributed by atoms with Gasteiger partial charge >= 0.3 is 235 Å². The van der Waals surface area contributed by atoms with E-state index in [2.05, 4.69) is 130 Å². The molecule has 206 valence electrons. The first-order valence-corrected chi connectivity index (χ1v) is 31.7. The van der Waals surface area contributed by atoms with Crippen molar-refractivity contribution in [3.8, 4) is 0 Å². The molecule has 2 heteroatoms. The van der Waals surface area contributed by atoms with Gasteiger partial charge in [-0.15, -0.1) is 0 Å². The van der Waals surface area contributed by atoms with Gasteiger partial charge in [0.05, 0.1) is 0 Å². The standard InChI is InChI=1S/2C11H11.C6H5.2C4H9.CH3.H2Si.Zr/c2*1-2-9-7-10-5-3-4-6-11(10)8-9;1-2-4-6-5-3-1;2*1-3-4-2;;;/h2*3-8H,2H2,1H3;1-5H;2*1,3-4H2,2H3;1H3;1H2;. The van der Waals surface area contributed by atoms with Crippen LogP contribution in [-0.2, 0) is 14.4 Å². The Hall–Kier alpha value is -1.76. The van der Waals surface area contributed by atoms with Crippen LogP contribution in [0.25, 0.3) is 12.2 Å². The van der Waals surface area contributed by atoms with Crippen LogP contribution in [0.3, 0.4) is 0 Å². The number of hydrogen-bond acceptors (Lipinski definition) is 0. The molecular formula is C37H50SiZr. The molecule has 3 aromatic carbocycles. The van der Waals surface area contributed by atoms with E-state index < -0.39 is 14.4 Å². The maximum atomic E-state index is 3.00. The molecule has 3 aromatic rings. The molecule has 0 radical (unpaired) electrons. The van der Waals surface area contributed by atoms with Crippen molar-refractivity contribution >= 4 is 22.3 Å². The van der Waals surface area contributed by atoms with E-state index in [1.807, 2.05) is 0 Å². The van der Waals surface area contributed by atoms with Crippen LogP contribution in [0, 0.1) is 0 Å². The van der Waals surface area contributed by atoms with E-state index in [1.165, 1.54) is 45.1 Å². The first-order chi connectivity index (χ1) is 18.7. The van der Waals surface area contributed by atoms with Crippen LogP contribution in [0.2, 0.25) is 12.9 Å². The fourth-order valence-electron chi connectivity index (χ4n) is 10.7. The zero-order valence-corrected chi connectivity index (χ0v) is 29.1. The Morgan fingerprint density at radius 3 is 1.41 bits per heavy atom. The number of allylic oxidation sites excluding steroid dienone is 2. The van der Waals surface area contributed by atoms with Gasteiger partial charge in [0.2, 0.25) is 0 Å². The molecule has 0 aromatic heterocycles. The van der Waals surface area contributed by atoms with Crippen molar-refractivity contribution in [3.05, 3.63) is 112 Å². The second kappa shape index (κ2) is 9.39. The molecule has 0 nitrogen and oxygen atoms in total. The third-order valence-electron chi connectivity index (χ3n) is 12.4. The summed E-state index contributed by atoms with van der Waals surface area (Å²) in [6.45, 7) is 12.3. The molecule has 0 saturated carbocycles. The summed E-state index contributed by atoms with van der Waals surface area (Å²) in [5, 5.41) is 0. The molecular weight excluding hydrogens is 564 g/mol. The van der Waals surface area contributed by atoms with Crippen molar-refractivity contribution in [2.24, 2.45) is 0 Å². The summed E-state index contributed by atoms with van der Waals surface area (Å²) in [7, 11) is 0. The van der Waals surface area contributed by atoms with E-state index in [0.717, 1.165) is 12.8 Å². The fourth-order valence-corrected chi connectivity index (χ4v) is 57.6. The number of rotatable bonds is 11. The third-order valence-corrected chi connectivity index (χ3v) is 57.7. The van der Waals surface area contributed by atoms with Crippen LogP contribution in [0.1, 0.15) is 95.7 Å². The zero-order valence-electron chi connectivity index (χ0n) is 25.2. The van der Waals surface area contributed by atoms with Crippen molar-refractivity contribution in [1.29, 1.82) is 0 Å². The van der Waals surface area contributed by atoms with Crippen LogP contribution in [0.4, 0.5) is 0 Å². The van der Waals surface area contributed by atoms with E-state index in [4.69, 9.17) is 0 Å². The molecule has 0 aliphatic heterocycles. The van der Waals surface area contributed by atoms with Crippen LogP contribution in [0.15, 0.2) is 90.0 Å². The van der Waals surface area contributed by atoms with Gasteiger partial charge in [-0.2, -0.15) is 0 Å². The molecule has 0 saturated heterocycles. The Balaban J connectivity index is 2.11. The van der Waals surface area contributed by atoms with E-state index in [0.29, 0.717) is 7.25 Å². The van der Waals surface area contributed by atoms with E-state index in [-0.39, 0.29) is 0 Å². The summed E-state index contributed by atoms with van der Waals surface area (Å²) in [4.78, 5) is 0. The normalized spacial score (nSPS) is 21.1. The summed E-state index contributed by atoms with van der Waals surface area (Å²) >= 11 is -5.36. The summed E-state index contributed by atoms with van der Waals surface area (Å²) < 4.78 is 8.32. The molecule has 0 amide bonds. The van der Waals surface area contributed by atoms with E-state index >= 15 is 0 Å². The van der Waals surface area contributed by atoms with Crippen LogP contribution < -0.4 is 3.27 Å². The van der Waals surface area contributed by atoms with Crippen molar-refractivity contribution in [1.82, 2.24) is 0 Å².